The van der Waals surface area contributed by atoms with Crippen LogP contribution in [0.2, 0.25) is 0 Å². The fourth-order valence-corrected chi connectivity index (χ4v) is 2.89. The highest BCUT2D eigenvalue weighted by Crippen LogP contribution is 2.33. The van der Waals surface area contributed by atoms with Gasteiger partial charge in [-0.1, -0.05) is 6.58 Å². The summed E-state index contributed by atoms with van der Waals surface area (Å²) in [6.07, 6.45) is 3.94. The van der Waals surface area contributed by atoms with Crippen molar-refractivity contribution in [2.75, 3.05) is 13.1 Å². The molecule has 0 bridgehead atoms. The first-order valence-corrected chi connectivity index (χ1v) is 8.14. The van der Waals surface area contributed by atoms with Gasteiger partial charge in [-0.05, 0) is 44.2 Å². The summed E-state index contributed by atoms with van der Waals surface area (Å²) < 4.78 is 71.0. The molecule has 142 valence electrons. The van der Waals surface area contributed by atoms with Crippen LogP contribution in [0.5, 0.6) is 5.75 Å². The van der Waals surface area contributed by atoms with Gasteiger partial charge in [0.1, 0.15) is 0 Å². The summed E-state index contributed by atoms with van der Waals surface area (Å²) in [5.74, 6) is -13.7. The Balaban J connectivity index is 1.95. The van der Waals surface area contributed by atoms with E-state index >= 15 is 0 Å². The van der Waals surface area contributed by atoms with E-state index in [-0.39, 0.29) is 0 Å². The lowest BCUT2D eigenvalue weighted by Crippen LogP contribution is -2.31. The number of esters is 1. The van der Waals surface area contributed by atoms with E-state index in [0.29, 0.717) is 38.1 Å². The van der Waals surface area contributed by atoms with Gasteiger partial charge in [-0.25, -0.2) is 13.2 Å². The van der Waals surface area contributed by atoms with E-state index in [0.717, 1.165) is 6.54 Å². The predicted octanol–water partition coefficient (Wildman–Crippen LogP) is 4.02. The van der Waals surface area contributed by atoms with Crippen LogP contribution in [0.3, 0.4) is 0 Å². The summed E-state index contributed by atoms with van der Waals surface area (Å²) >= 11 is 0. The minimum atomic E-state index is -2.29. The summed E-state index contributed by atoms with van der Waals surface area (Å²) in [7, 11) is 0. The highest BCUT2D eigenvalue weighted by Gasteiger charge is 2.32. The van der Waals surface area contributed by atoms with Gasteiger partial charge >= 0.3 is 5.97 Å². The molecule has 2 rings (SSSR count). The minimum Gasteiger partial charge on any atom is -0.420 e. The molecule has 1 N–H and O–H groups in total. The van der Waals surface area contributed by atoms with E-state index in [2.05, 4.69) is 22.4 Å². The Morgan fingerprint density at radius 3 is 2.12 bits per heavy atom. The van der Waals surface area contributed by atoms with Gasteiger partial charge in [-0.15, -0.1) is 5.73 Å². The van der Waals surface area contributed by atoms with Crippen molar-refractivity contribution >= 4 is 5.97 Å². The van der Waals surface area contributed by atoms with Crippen molar-refractivity contribution in [3.8, 4) is 5.75 Å². The number of rotatable bonds is 6. The highest BCUT2D eigenvalue weighted by atomic mass is 19.2. The average molecular weight is 375 g/mol. The molecule has 0 aromatic heterocycles. The van der Waals surface area contributed by atoms with Crippen LogP contribution in [0.15, 0.2) is 18.4 Å². The van der Waals surface area contributed by atoms with Gasteiger partial charge in [-0.2, -0.15) is 8.78 Å². The highest BCUT2D eigenvalue weighted by molar-refractivity contribution is 5.75. The van der Waals surface area contributed by atoms with Crippen LogP contribution in [-0.4, -0.2) is 19.1 Å². The van der Waals surface area contributed by atoms with Gasteiger partial charge < -0.3 is 10.1 Å². The van der Waals surface area contributed by atoms with Crippen molar-refractivity contribution in [1.29, 1.82) is 0 Å². The monoisotopic (exact) mass is 375 g/mol. The number of hydrogen-bond acceptors (Lipinski definition) is 3. The number of benzene rings is 1. The number of hydrogen-bond donors (Lipinski definition) is 1. The summed E-state index contributed by atoms with van der Waals surface area (Å²) in [5.41, 5.74) is 2.63. The molecule has 0 saturated heterocycles. The summed E-state index contributed by atoms with van der Waals surface area (Å²) in [6, 6.07) is 0. The second-order valence-corrected chi connectivity index (χ2v) is 6.10. The van der Waals surface area contributed by atoms with Crippen LogP contribution in [0, 0.1) is 40.9 Å². The molecule has 1 aromatic rings. The third kappa shape index (κ3) is 4.51. The molecule has 0 spiro atoms. The molecule has 3 nitrogen and oxygen atoms in total. The normalized spacial score (nSPS) is 19.7. The molecule has 0 unspecified atom stereocenters. The molecular formula is C18H18F5NO2. The van der Waals surface area contributed by atoms with Crippen molar-refractivity contribution in [2.45, 2.75) is 25.7 Å². The molecule has 1 fully saturated rings. The minimum absolute atomic E-state index is 0.325. The zero-order valence-electron chi connectivity index (χ0n) is 13.9. The van der Waals surface area contributed by atoms with Gasteiger partial charge in [-0.3, -0.25) is 4.79 Å². The van der Waals surface area contributed by atoms with Gasteiger partial charge in [0.25, 0.3) is 0 Å². The van der Waals surface area contributed by atoms with Gasteiger partial charge in [0, 0.05) is 6.54 Å². The van der Waals surface area contributed by atoms with Gasteiger partial charge in [0.15, 0.2) is 0 Å². The predicted molar refractivity (Wildman–Crippen MR) is 83.9 cm³/mol. The largest absolute Gasteiger partial charge is 0.420 e. The summed E-state index contributed by atoms with van der Waals surface area (Å²) in [4.78, 5) is 12.1. The number of carbonyl (C=O) groups is 1. The number of nitrogens with one attached hydrogen (secondary N) is 1. The van der Waals surface area contributed by atoms with E-state index < -0.39 is 46.7 Å². The fraction of sp³-hybridized carbons (Fsp3) is 0.444. The lowest BCUT2D eigenvalue weighted by atomic mass is 9.82. The first kappa shape index (κ1) is 20.1. The number of halogens is 5. The number of carbonyl (C=O) groups excluding carboxylic acids is 1. The quantitative estimate of drug-likeness (QED) is 0.155. The maximum absolute atomic E-state index is 13.6. The molecule has 0 aliphatic heterocycles. The van der Waals surface area contributed by atoms with Crippen LogP contribution >= 0.6 is 0 Å². The van der Waals surface area contributed by atoms with Crippen molar-refractivity contribution in [3.63, 3.8) is 0 Å². The van der Waals surface area contributed by atoms with Gasteiger partial charge in [0.2, 0.25) is 34.8 Å². The molecule has 26 heavy (non-hydrogen) atoms. The van der Waals surface area contributed by atoms with Crippen LogP contribution < -0.4 is 10.1 Å². The molecule has 0 amide bonds. The third-order valence-corrected chi connectivity index (χ3v) is 4.38. The molecule has 0 heterocycles. The van der Waals surface area contributed by atoms with Crippen molar-refractivity contribution in [2.24, 2.45) is 11.8 Å². The zero-order chi connectivity index (χ0) is 19.3. The molecule has 1 aliphatic rings. The molecule has 1 aliphatic carbocycles. The Kier molecular flexibility index (Phi) is 6.94. The van der Waals surface area contributed by atoms with Crippen molar-refractivity contribution in [3.05, 3.63) is 47.5 Å². The zero-order valence-corrected chi connectivity index (χ0v) is 13.9. The van der Waals surface area contributed by atoms with E-state index in [9.17, 15) is 26.7 Å². The second kappa shape index (κ2) is 8.96. The Hall–Kier alpha value is -2.18. The molecule has 0 atom stereocenters. The summed E-state index contributed by atoms with van der Waals surface area (Å²) in [5, 5.41) is 3.18. The topological polar surface area (TPSA) is 38.3 Å². The Labute approximate surface area is 147 Å². The standard InChI is InChI=1S/C18H18F5NO2/c1-2-3-8-24-9-10-4-6-11(7-5-10)18(25)26-17-15(22)13(20)12(19)14(21)16(17)23/h3,10-11,24H,1,4-9H2. The van der Waals surface area contributed by atoms with E-state index in [1.54, 1.807) is 6.08 Å². The lowest BCUT2D eigenvalue weighted by molar-refractivity contribution is -0.140. The van der Waals surface area contributed by atoms with Crippen molar-refractivity contribution < 1.29 is 31.5 Å². The average Bonchev–Trinajstić information content (AvgIpc) is 2.66. The molecule has 0 radical (unpaired) electrons. The Morgan fingerprint density at radius 2 is 1.58 bits per heavy atom. The van der Waals surface area contributed by atoms with E-state index in [1.807, 2.05) is 0 Å². The fourth-order valence-electron chi connectivity index (χ4n) is 2.89. The van der Waals surface area contributed by atoms with E-state index in [1.165, 1.54) is 0 Å². The van der Waals surface area contributed by atoms with Gasteiger partial charge in [0.05, 0.1) is 5.92 Å². The lowest BCUT2D eigenvalue weighted by Gasteiger charge is -2.27. The molecule has 1 aromatic carbocycles. The maximum atomic E-state index is 13.6. The summed E-state index contributed by atoms with van der Waals surface area (Å²) in [6.45, 7) is 4.81. The van der Waals surface area contributed by atoms with Crippen molar-refractivity contribution in [1.82, 2.24) is 5.32 Å². The maximum Gasteiger partial charge on any atom is 0.314 e. The van der Waals surface area contributed by atoms with Crippen LogP contribution in [0.4, 0.5) is 22.0 Å². The van der Waals surface area contributed by atoms with Crippen LogP contribution in [0.25, 0.3) is 0 Å². The smallest absolute Gasteiger partial charge is 0.314 e. The SMILES string of the molecule is C=C=CCNCC1CCC(C(=O)Oc2c(F)c(F)c(F)c(F)c2F)CC1. The van der Waals surface area contributed by atoms with E-state index in [4.69, 9.17) is 0 Å². The Bertz CT molecular complexity index is 694. The Morgan fingerprint density at radius 1 is 1.04 bits per heavy atom. The molecule has 1 saturated carbocycles. The first-order chi connectivity index (χ1) is 12.4. The third-order valence-electron chi connectivity index (χ3n) is 4.38. The second-order valence-electron chi connectivity index (χ2n) is 6.10. The molecule has 8 heteroatoms. The van der Waals surface area contributed by atoms with Crippen LogP contribution in [-0.2, 0) is 4.79 Å². The van der Waals surface area contributed by atoms with Crippen LogP contribution in [0.1, 0.15) is 25.7 Å². The molecular weight excluding hydrogens is 357 g/mol. The first-order valence-electron chi connectivity index (χ1n) is 8.14. The number of ether oxygens (including phenoxy) is 1.